The number of hydrogen-bond acceptors (Lipinski definition) is 11. The van der Waals surface area contributed by atoms with Crippen LogP contribution >= 0.6 is 0 Å². The zero-order chi connectivity index (χ0) is 26.3. The summed E-state index contributed by atoms with van der Waals surface area (Å²) in [5, 5.41) is 2.66. The fourth-order valence-electron chi connectivity index (χ4n) is 2.68. The molecule has 0 radical (unpaired) electrons. The van der Waals surface area contributed by atoms with Crippen LogP contribution in [0.5, 0.6) is 0 Å². The second-order valence-corrected chi connectivity index (χ2v) is 7.26. The number of esters is 1. The van der Waals surface area contributed by atoms with E-state index in [1.807, 2.05) is 0 Å². The molecule has 1 aliphatic heterocycles. The van der Waals surface area contributed by atoms with Crippen LogP contribution in [0.4, 0.5) is 0 Å². The van der Waals surface area contributed by atoms with E-state index in [1.165, 1.54) is 19.3 Å². The first-order valence-electron chi connectivity index (χ1n) is 11.9. The molecule has 1 N–H and O–H groups in total. The first kappa shape index (κ1) is 31.6. The number of nitrogens with zero attached hydrogens (tertiary/aromatic N) is 1. The second kappa shape index (κ2) is 21.8. The van der Waals surface area contributed by atoms with Crippen molar-refractivity contribution in [3.63, 3.8) is 0 Å². The Morgan fingerprint density at radius 3 is 1.53 bits per heavy atom. The fraction of sp³-hybridized carbons (Fsp3) is 0.739. The number of carbonyl (C=O) groups excluding carboxylic acids is 4. The lowest BCUT2D eigenvalue weighted by Gasteiger charge is -2.13. The Morgan fingerprint density at radius 1 is 0.667 bits per heavy atom. The van der Waals surface area contributed by atoms with Crippen LogP contribution in [0, 0.1) is 0 Å². The molecule has 206 valence electrons. The molecule has 13 nitrogen and oxygen atoms in total. The molecule has 0 atom stereocenters. The number of nitrogens with one attached hydrogen (secondary N) is 1. The van der Waals surface area contributed by atoms with Crippen molar-refractivity contribution in [3.8, 4) is 0 Å². The molecule has 0 spiro atoms. The molecule has 1 heterocycles. The summed E-state index contributed by atoms with van der Waals surface area (Å²) < 4.78 is 36.6. The van der Waals surface area contributed by atoms with Gasteiger partial charge in [0.05, 0.1) is 92.8 Å². The Balaban J connectivity index is 1.72. The minimum absolute atomic E-state index is 0.0530. The molecular weight excluding hydrogens is 480 g/mol. The van der Waals surface area contributed by atoms with Crippen LogP contribution in [0.3, 0.4) is 0 Å². The zero-order valence-corrected chi connectivity index (χ0v) is 20.9. The molecule has 0 saturated heterocycles. The first-order chi connectivity index (χ1) is 17.5. The van der Waals surface area contributed by atoms with E-state index in [9.17, 15) is 19.2 Å². The van der Waals surface area contributed by atoms with Crippen LogP contribution in [0.2, 0.25) is 0 Å². The smallest absolute Gasteiger partial charge is 0.307 e. The number of imide groups is 1. The van der Waals surface area contributed by atoms with E-state index in [1.54, 1.807) is 0 Å². The molecule has 36 heavy (non-hydrogen) atoms. The molecule has 0 aromatic rings. The van der Waals surface area contributed by atoms with E-state index in [0.29, 0.717) is 85.8 Å². The lowest BCUT2D eigenvalue weighted by atomic mass is 10.3. The van der Waals surface area contributed by atoms with E-state index in [2.05, 4.69) is 10.1 Å². The van der Waals surface area contributed by atoms with Crippen molar-refractivity contribution in [1.29, 1.82) is 0 Å². The Morgan fingerprint density at radius 2 is 1.08 bits per heavy atom. The Labute approximate surface area is 211 Å². The Kier molecular flexibility index (Phi) is 19.2. The predicted molar refractivity (Wildman–Crippen MR) is 125 cm³/mol. The molecule has 1 rings (SSSR count). The Hall–Kier alpha value is -2.42. The zero-order valence-electron chi connectivity index (χ0n) is 20.9. The molecular formula is C23H38N2O11. The SMILES string of the molecule is COC(=O)CCOCCOCCOCCOCCOCCOCCNC(=O)CCN1C(=O)C=CC1=O. The minimum atomic E-state index is -0.398. The van der Waals surface area contributed by atoms with Crippen molar-refractivity contribution >= 4 is 23.7 Å². The maximum Gasteiger partial charge on any atom is 0.307 e. The maximum atomic E-state index is 11.7. The standard InChI is InChI=1S/C23H38N2O11/c1-30-23(29)5-8-31-10-12-33-14-16-35-18-19-36-17-15-34-13-11-32-9-6-24-20(26)4-7-25-21(27)2-3-22(25)28/h2-3H,4-19H2,1H3,(H,24,26). The summed E-state index contributed by atoms with van der Waals surface area (Å²) in [6.45, 7) is 5.35. The quantitative estimate of drug-likeness (QED) is 0.0961. The largest absolute Gasteiger partial charge is 0.469 e. The minimum Gasteiger partial charge on any atom is -0.469 e. The first-order valence-corrected chi connectivity index (χ1v) is 11.9. The molecule has 3 amide bonds. The highest BCUT2D eigenvalue weighted by molar-refractivity contribution is 6.13. The maximum absolute atomic E-state index is 11.7. The van der Waals surface area contributed by atoms with Gasteiger partial charge >= 0.3 is 5.97 Å². The monoisotopic (exact) mass is 518 g/mol. The molecule has 0 aromatic carbocycles. The summed E-state index contributed by atoms with van der Waals surface area (Å²) in [4.78, 5) is 46.4. The number of methoxy groups -OCH3 is 1. The van der Waals surface area contributed by atoms with E-state index < -0.39 is 11.8 Å². The summed E-state index contributed by atoms with van der Waals surface area (Å²) in [6.07, 6.45) is 2.66. The lowest BCUT2D eigenvalue weighted by molar-refractivity contribution is -0.142. The highest BCUT2D eigenvalue weighted by atomic mass is 16.6. The Bertz CT molecular complexity index is 654. The van der Waals surface area contributed by atoms with Crippen LogP contribution in [-0.4, -0.2) is 128 Å². The van der Waals surface area contributed by atoms with Gasteiger partial charge in [-0.2, -0.15) is 0 Å². The molecule has 0 fully saturated rings. The van der Waals surface area contributed by atoms with Crippen molar-refractivity contribution in [2.45, 2.75) is 12.8 Å². The normalized spacial score (nSPS) is 13.0. The van der Waals surface area contributed by atoms with Gasteiger partial charge in [-0.15, -0.1) is 0 Å². The van der Waals surface area contributed by atoms with Crippen molar-refractivity contribution in [1.82, 2.24) is 10.2 Å². The third-order valence-electron chi connectivity index (χ3n) is 4.57. The summed E-state index contributed by atoms with van der Waals surface area (Å²) in [7, 11) is 1.34. The van der Waals surface area contributed by atoms with Crippen molar-refractivity contribution in [2.24, 2.45) is 0 Å². The number of hydrogen-bond donors (Lipinski definition) is 1. The van der Waals surface area contributed by atoms with Crippen molar-refractivity contribution in [3.05, 3.63) is 12.2 Å². The third-order valence-corrected chi connectivity index (χ3v) is 4.57. The van der Waals surface area contributed by atoms with Crippen LogP contribution in [0.1, 0.15) is 12.8 Å². The van der Waals surface area contributed by atoms with Gasteiger partial charge in [-0.3, -0.25) is 24.1 Å². The summed E-state index contributed by atoms with van der Waals surface area (Å²) in [5.41, 5.74) is 0. The summed E-state index contributed by atoms with van der Waals surface area (Å²) >= 11 is 0. The van der Waals surface area contributed by atoms with Gasteiger partial charge in [-0.25, -0.2) is 0 Å². The predicted octanol–water partition coefficient (Wildman–Crippen LogP) is -0.920. The van der Waals surface area contributed by atoms with Gasteiger partial charge in [-0.1, -0.05) is 0 Å². The molecule has 0 bridgehead atoms. The average molecular weight is 519 g/mol. The average Bonchev–Trinajstić information content (AvgIpc) is 3.20. The van der Waals surface area contributed by atoms with E-state index in [4.69, 9.17) is 28.4 Å². The molecule has 1 aliphatic rings. The number of rotatable bonds is 24. The van der Waals surface area contributed by atoms with Gasteiger partial charge in [-0.05, 0) is 0 Å². The van der Waals surface area contributed by atoms with Crippen molar-refractivity contribution < 1.29 is 52.3 Å². The molecule has 13 heteroatoms. The van der Waals surface area contributed by atoms with Crippen LogP contribution < -0.4 is 5.32 Å². The summed E-state index contributed by atoms with van der Waals surface area (Å²) in [5.74, 6) is -1.35. The van der Waals surface area contributed by atoms with Gasteiger partial charge in [0.2, 0.25) is 5.91 Å². The van der Waals surface area contributed by atoms with E-state index >= 15 is 0 Å². The lowest BCUT2D eigenvalue weighted by Crippen LogP contribution is -2.35. The van der Waals surface area contributed by atoms with Gasteiger partial charge in [0.1, 0.15) is 0 Å². The molecule has 0 saturated carbocycles. The van der Waals surface area contributed by atoms with E-state index in [-0.39, 0.29) is 31.3 Å². The van der Waals surface area contributed by atoms with E-state index in [0.717, 1.165) is 4.90 Å². The number of ether oxygens (including phenoxy) is 7. The highest BCUT2D eigenvalue weighted by Gasteiger charge is 2.23. The molecule has 0 unspecified atom stereocenters. The fourth-order valence-corrected chi connectivity index (χ4v) is 2.68. The van der Waals surface area contributed by atoms with Crippen LogP contribution in [0.15, 0.2) is 12.2 Å². The molecule has 0 aliphatic carbocycles. The number of amides is 3. The third kappa shape index (κ3) is 17.1. The van der Waals surface area contributed by atoms with Gasteiger partial charge in [0.25, 0.3) is 11.8 Å². The summed E-state index contributed by atoms with van der Waals surface area (Å²) in [6, 6.07) is 0. The highest BCUT2D eigenvalue weighted by Crippen LogP contribution is 2.03. The van der Waals surface area contributed by atoms with Crippen LogP contribution in [-0.2, 0) is 52.3 Å². The van der Waals surface area contributed by atoms with Crippen molar-refractivity contribution in [2.75, 3.05) is 99.5 Å². The van der Waals surface area contributed by atoms with Gasteiger partial charge < -0.3 is 38.5 Å². The second-order valence-electron chi connectivity index (χ2n) is 7.26. The van der Waals surface area contributed by atoms with Gasteiger partial charge in [0, 0.05) is 31.7 Å². The number of carbonyl (C=O) groups is 4. The van der Waals surface area contributed by atoms with Crippen LogP contribution in [0.25, 0.3) is 0 Å². The van der Waals surface area contributed by atoms with Gasteiger partial charge in [0.15, 0.2) is 0 Å². The topological polar surface area (TPSA) is 148 Å². The molecule has 0 aromatic heterocycles.